The number of imidazole rings is 1. The first-order chi connectivity index (χ1) is 11.3. The maximum Gasteiger partial charge on any atom is 0.227 e. The normalized spacial score (nSPS) is 11.0. The van der Waals surface area contributed by atoms with Gasteiger partial charge in [0.1, 0.15) is 5.52 Å². The van der Waals surface area contributed by atoms with E-state index in [0.717, 1.165) is 18.6 Å². The van der Waals surface area contributed by atoms with Gasteiger partial charge >= 0.3 is 0 Å². The number of aromatic nitrogens is 4. The summed E-state index contributed by atoms with van der Waals surface area (Å²) < 4.78 is 2.05. The third kappa shape index (κ3) is 3.59. The molecule has 2 aromatic heterocycles. The molecule has 0 radical (unpaired) electrons. The van der Waals surface area contributed by atoms with Crippen LogP contribution >= 0.6 is 0 Å². The predicted molar refractivity (Wildman–Crippen MR) is 93.0 cm³/mol. The van der Waals surface area contributed by atoms with Crippen LogP contribution in [0.1, 0.15) is 31.7 Å². The van der Waals surface area contributed by atoms with Crippen LogP contribution in [-0.2, 0) is 13.1 Å². The lowest BCUT2D eigenvalue weighted by Crippen LogP contribution is -2.07. The van der Waals surface area contributed by atoms with Crippen molar-refractivity contribution in [3.05, 3.63) is 42.2 Å². The highest BCUT2D eigenvalue weighted by Gasteiger charge is 2.11. The molecule has 0 unspecified atom stereocenters. The molecule has 2 heterocycles. The molecule has 0 saturated carbocycles. The SMILES string of the molecule is CCCCCn1cnc2c(N)nc(NCc3ccccc3)nc21. The summed E-state index contributed by atoms with van der Waals surface area (Å²) in [6, 6.07) is 10.1. The summed E-state index contributed by atoms with van der Waals surface area (Å²) in [5.74, 6) is 0.955. The lowest BCUT2D eigenvalue weighted by molar-refractivity contribution is 0.610. The lowest BCUT2D eigenvalue weighted by Gasteiger charge is -2.07. The van der Waals surface area contributed by atoms with Gasteiger partial charge < -0.3 is 15.6 Å². The fourth-order valence-electron chi connectivity index (χ4n) is 2.52. The average molecular weight is 310 g/mol. The summed E-state index contributed by atoms with van der Waals surface area (Å²) in [7, 11) is 0. The standard InChI is InChI=1S/C17H22N6/c1-2-3-7-10-23-12-20-14-15(18)21-17(22-16(14)23)19-11-13-8-5-4-6-9-13/h4-6,8-9,12H,2-3,7,10-11H2,1H3,(H3,18,19,21,22). The van der Waals surface area contributed by atoms with Crippen molar-refractivity contribution in [2.75, 3.05) is 11.1 Å². The van der Waals surface area contributed by atoms with Gasteiger partial charge in [0.05, 0.1) is 6.33 Å². The van der Waals surface area contributed by atoms with Crippen molar-refractivity contribution >= 4 is 22.9 Å². The molecule has 3 N–H and O–H groups in total. The smallest absolute Gasteiger partial charge is 0.227 e. The number of anilines is 2. The van der Waals surface area contributed by atoms with E-state index in [1.165, 1.54) is 18.4 Å². The van der Waals surface area contributed by atoms with Crippen LogP contribution in [0.5, 0.6) is 0 Å². The van der Waals surface area contributed by atoms with Gasteiger partial charge in [-0.25, -0.2) is 4.98 Å². The maximum absolute atomic E-state index is 6.03. The number of nitrogens with one attached hydrogen (secondary N) is 1. The van der Waals surface area contributed by atoms with Crippen LogP contribution < -0.4 is 11.1 Å². The van der Waals surface area contributed by atoms with E-state index >= 15 is 0 Å². The Hall–Kier alpha value is -2.63. The zero-order valence-electron chi connectivity index (χ0n) is 13.4. The number of aryl methyl sites for hydroxylation is 1. The number of fused-ring (bicyclic) bond motifs is 1. The first-order valence-electron chi connectivity index (χ1n) is 8.04. The predicted octanol–water partition coefficient (Wildman–Crippen LogP) is 3.21. The first kappa shape index (κ1) is 15.3. The zero-order valence-corrected chi connectivity index (χ0v) is 13.4. The Labute approximate surface area is 135 Å². The average Bonchev–Trinajstić information content (AvgIpc) is 2.98. The number of benzene rings is 1. The Bertz CT molecular complexity index is 765. The number of hydrogen-bond donors (Lipinski definition) is 2. The van der Waals surface area contributed by atoms with Crippen molar-refractivity contribution in [2.24, 2.45) is 0 Å². The van der Waals surface area contributed by atoms with Crippen molar-refractivity contribution in [1.82, 2.24) is 19.5 Å². The minimum absolute atomic E-state index is 0.416. The van der Waals surface area contributed by atoms with E-state index in [-0.39, 0.29) is 0 Å². The van der Waals surface area contributed by atoms with Crippen molar-refractivity contribution in [3.63, 3.8) is 0 Å². The molecule has 6 heteroatoms. The number of nitrogen functional groups attached to an aromatic ring is 1. The minimum Gasteiger partial charge on any atom is -0.382 e. The van der Waals surface area contributed by atoms with Crippen LogP contribution in [0.2, 0.25) is 0 Å². The van der Waals surface area contributed by atoms with E-state index in [9.17, 15) is 0 Å². The number of nitrogens with two attached hydrogens (primary N) is 1. The van der Waals surface area contributed by atoms with Crippen LogP contribution in [0.4, 0.5) is 11.8 Å². The molecule has 6 nitrogen and oxygen atoms in total. The van der Waals surface area contributed by atoms with E-state index in [2.05, 4.69) is 43.9 Å². The van der Waals surface area contributed by atoms with Gasteiger partial charge in [-0.1, -0.05) is 50.1 Å². The molecule has 0 aliphatic heterocycles. The van der Waals surface area contributed by atoms with Gasteiger partial charge in [0.2, 0.25) is 5.95 Å². The quantitative estimate of drug-likeness (QED) is 0.655. The second-order valence-electron chi connectivity index (χ2n) is 5.59. The Morgan fingerprint density at radius 3 is 2.74 bits per heavy atom. The summed E-state index contributed by atoms with van der Waals surface area (Å²) in [6.45, 7) is 3.76. The van der Waals surface area contributed by atoms with Crippen molar-refractivity contribution in [2.45, 2.75) is 39.3 Å². The molecule has 23 heavy (non-hydrogen) atoms. The molecule has 3 rings (SSSR count). The van der Waals surface area contributed by atoms with Crippen molar-refractivity contribution in [3.8, 4) is 0 Å². The second-order valence-corrected chi connectivity index (χ2v) is 5.59. The highest BCUT2D eigenvalue weighted by Crippen LogP contribution is 2.19. The molecule has 0 fully saturated rings. The van der Waals surface area contributed by atoms with Crippen molar-refractivity contribution in [1.29, 1.82) is 0 Å². The van der Waals surface area contributed by atoms with Crippen LogP contribution in [0.25, 0.3) is 11.2 Å². The molecule has 0 spiro atoms. The van der Waals surface area contributed by atoms with E-state index < -0.39 is 0 Å². The molecule has 3 aromatic rings. The first-order valence-corrected chi connectivity index (χ1v) is 8.04. The van der Waals surface area contributed by atoms with Crippen LogP contribution in [0.3, 0.4) is 0 Å². The highest BCUT2D eigenvalue weighted by atomic mass is 15.2. The number of rotatable bonds is 7. The van der Waals surface area contributed by atoms with Gasteiger partial charge in [0.15, 0.2) is 11.5 Å². The fourth-order valence-corrected chi connectivity index (χ4v) is 2.52. The third-order valence-electron chi connectivity index (χ3n) is 3.79. The van der Waals surface area contributed by atoms with Crippen LogP contribution in [0.15, 0.2) is 36.7 Å². The second kappa shape index (κ2) is 7.09. The summed E-state index contributed by atoms with van der Waals surface area (Å²) >= 11 is 0. The molecule has 0 amide bonds. The van der Waals surface area contributed by atoms with Gasteiger partial charge in [-0.3, -0.25) is 0 Å². The molecular weight excluding hydrogens is 288 g/mol. The Kier molecular flexibility index (Phi) is 4.71. The molecule has 0 saturated heterocycles. The number of nitrogens with zero attached hydrogens (tertiary/aromatic N) is 4. The van der Waals surface area contributed by atoms with E-state index in [1.54, 1.807) is 6.33 Å². The van der Waals surface area contributed by atoms with E-state index in [4.69, 9.17) is 5.73 Å². The topological polar surface area (TPSA) is 81.7 Å². The monoisotopic (exact) mass is 310 g/mol. The molecule has 1 aromatic carbocycles. The molecule has 0 aliphatic carbocycles. The van der Waals surface area contributed by atoms with Crippen LogP contribution in [0, 0.1) is 0 Å². The minimum atomic E-state index is 0.416. The Morgan fingerprint density at radius 1 is 1.13 bits per heavy atom. The Balaban J connectivity index is 1.79. The van der Waals surface area contributed by atoms with Gasteiger partial charge in [0.25, 0.3) is 0 Å². The molecule has 0 aliphatic rings. The zero-order chi connectivity index (χ0) is 16.1. The maximum atomic E-state index is 6.03. The highest BCUT2D eigenvalue weighted by molar-refractivity contribution is 5.82. The lowest BCUT2D eigenvalue weighted by atomic mass is 10.2. The van der Waals surface area contributed by atoms with Crippen molar-refractivity contribution < 1.29 is 0 Å². The number of hydrogen-bond acceptors (Lipinski definition) is 5. The summed E-state index contributed by atoms with van der Waals surface area (Å²) in [5.41, 5.74) is 8.67. The summed E-state index contributed by atoms with van der Waals surface area (Å²) in [5, 5.41) is 3.23. The largest absolute Gasteiger partial charge is 0.382 e. The molecular formula is C17H22N6. The third-order valence-corrected chi connectivity index (χ3v) is 3.79. The Morgan fingerprint density at radius 2 is 1.96 bits per heavy atom. The van der Waals surface area contributed by atoms with E-state index in [1.807, 2.05) is 18.2 Å². The number of unbranched alkanes of at least 4 members (excludes halogenated alkanes) is 2. The fraction of sp³-hybridized carbons (Fsp3) is 0.353. The van der Waals surface area contributed by atoms with Crippen LogP contribution in [-0.4, -0.2) is 19.5 Å². The van der Waals surface area contributed by atoms with E-state index in [0.29, 0.717) is 23.8 Å². The van der Waals surface area contributed by atoms with Gasteiger partial charge in [0, 0.05) is 13.1 Å². The molecule has 120 valence electrons. The van der Waals surface area contributed by atoms with Gasteiger partial charge in [-0.15, -0.1) is 0 Å². The molecule has 0 atom stereocenters. The summed E-state index contributed by atoms with van der Waals surface area (Å²) in [4.78, 5) is 13.2. The van der Waals surface area contributed by atoms with Gasteiger partial charge in [-0.05, 0) is 12.0 Å². The van der Waals surface area contributed by atoms with Gasteiger partial charge in [-0.2, -0.15) is 9.97 Å². The molecule has 0 bridgehead atoms. The summed E-state index contributed by atoms with van der Waals surface area (Å²) in [6.07, 6.45) is 5.29.